The largest absolute Gasteiger partial charge is 0.477 e. The van der Waals surface area contributed by atoms with Crippen molar-refractivity contribution in [2.24, 2.45) is 0 Å². The van der Waals surface area contributed by atoms with Crippen LogP contribution in [0.4, 0.5) is 0 Å². The van der Waals surface area contributed by atoms with Gasteiger partial charge in [-0.3, -0.25) is 9.59 Å². The maximum Gasteiger partial charge on any atom is 0.361 e. The second-order valence-electron chi connectivity index (χ2n) is 24.1. The topological polar surface area (TPSA) is 108 Å². The van der Waals surface area contributed by atoms with Crippen molar-refractivity contribution in [3.05, 3.63) is 72.9 Å². The van der Waals surface area contributed by atoms with Gasteiger partial charge in [0.2, 0.25) is 0 Å². The van der Waals surface area contributed by atoms with Gasteiger partial charge in [-0.15, -0.1) is 0 Å². The summed E-state index contributed by atoms with van der Waals surface area (Å²) in [5.41, 5.74) is 0. The molecular formula is C72H130NO8+. The summed E-state index contributed by atoms with van der Waals surface area (Å²) in [4.78, 5) is 37.6. The highest BCUT2D eigenvalue weighted by Crippen LogP contribution is 2.17. The third-order valence-corrected chi connectivity index (χ3v) is 14.9. The van der Waals surface area contributed by atoms with E-state index in [1.165, 1.54) is 218 Å². The number of unbranched alkanes of at least 4 members (excludes halogenated alkanes) is 36. The Morgan fingerprint density at radius 1 is 0.370 bits per heavy atom. The predicted molar refractivity (Wildman–Crippen MR) is 346 cm³/mol. The summed E-state index contributed by atoms with van der Waals surface area (Å²) in [6.45, 7) is 4.89. The molecule has 0 saturated carbocycles. The van der Waals surface area contributed by atoms with Gasteiger partial charge in [0.25, 0.3) is 6.29 Å². The van der Waals surface area contributed by atoms with Gasteiger partial charge in [0.1, 0.15) is 13.2 Å². The van der Waals surface area contributed by atoms with Crippen molar-refractivity contribution in [2.45, 2.75) is 322 Å². The number of likely N-dealkylation sites (N-methyl/N-ethyl adjacent to an activating group) is 1. The van der Waals surface area contributed by atoms with Crippen molar-refractivity contribution in [1.82, 2.24) is 0 Å². The number of rotatable bonds is 63. The normalized spacial score (nSPS) is 13.1. The number of allylic oxidation sites excluding steroid dienone is 12. The van der Waals surface area contributed by atoms with E-state index in [-0.39, 0.29) is 32.2 Å². The standard InChI is InChI=1S/C72H129NO8/c1-6-8-10-12-14-16-18-20-22-24-26-28-30-32-34-35-37-39-41-43-45-47-49-51-53-55-57-59-61-63-70(75)81-68(67-80-72(71(76)77)78-65-64-73(3,4)5)66-79-69(74)62-60-58-56-54-52-50-48-46-44-42-40-38-36-33-31-29-27-25-23-21-19-17-15-13-11-9-7-2/h18-21,24-27,30-33,68,72H,6-17,22-23,28-29,34-67H2,1-5H3/p+1/b20-18-,21-19-,26-24-,27-25-,32-30-,33-31-. The highest BCUT2D eigenvalue weighted by atomic mass is 16.7. The van der Waals surface area contributed by atoms with Gasteiger partial charge >= 0.3 is 17.9 Å². The van der Waals surface area contributed by atoms with Gasteiger partial charge in [0.15, 0.2) is 6.10 Å². The van der Waals surface area contributed by atoms with Crippen molar-refractivity contribution >= 4 is 17.9 Å². The molecule has 470 valence electrons. The first-order valence-corrected chi connectivity index (χ1v) is 34.1. The SMILES string of the molecule is CCCCCCC/C=C\C/C=C\C/C=C\CCCCCCCCCCCCCCCCC(=O)OC(COC(=O)CCCCCCCCCCCCCC/C=C\C/C=C\C/C=C\CCCCCCC)COC(OCC[N+](C)(C)C)C(=O)O. The zero-order chi connectivity index (χ0) is 59.1. The Kier molecular flexibility index (Phi) is 60.2. The van der Waals surface area contributed by atoms with Crippen LogP contribution in [0.1, 0.15) is 309 Å². The number of nitrogens with zero attached hydrogens (tertiary/aromatic N) is 1. The van der Waals surface area contributed by atoms with Crippen LogP contribution in [0, 0.1) is 0 Å². The number of carbonyl (C=O) groups excluding carboxylic acids is 2. The van der Waals surface area contributed by atoms with Crippen LogP contribution in [-0.2, 0) is 33.3 Å². The molecular weight excluding hydrogens is 1010 g/mol. The van der Waals surface area contributed by atoms with Gasteiger partial charge in [-0.25, -0.2) is 4.79 Å². The van der Waals surface area contributed by atoms with E-state index in [4.69, 9.17) is 18.9 Å². The zero-order valence-electron chi connectivity index (χ0n) is 53.7. The quantitative estimate of drug-likeness (QED) is 0.0211. The first-order valence-electron chi connectivity index (χ1n) is 34.1. The Balaban J connectivity index is 4.14. The van der Waals surface area contributed by atoms with Crippen LogP contribution in [0.25, 0.3) is 0 Å². The molecule has 0 spiro atoms. The number of esters is 2. The fourth-order valence-electron chi connectivity index (χ4n) is 9.68. The maximum absolute atomic E-state index is 12.9. The molecule has 0 aliphatic heterocycles. The molecule has 81 heavy (non-hydrogen) atoms. The van der Waals surface area contributed by atoms with Gasteiger partial charge in [-0.1, -0.05) is 279 Å². The van der Waals surface area contributed by atoms with Gasteiger partial charge < -0.3 is 28.5 Å². The monoisotopic (exact) mass is 1140 g/mol. The Labute approximate surface area is 500 Å². The van der Waals surface area contributed by atoms with Gasteiger partial charge in [-0.05, 0) is 89.9 Å². The number of hydrogen-bond donors (Lipinski definition) is 1. The number of carbonyl (C=O) groups is 3. The number of carboxylic acids is 1. The average Bonchev–Trinajstić information content (AvgIpc) is 3.44. The van der Waals surface area contributed by atoms with Crippen LogP contribution < -0.4 is 0 Å². The van der Waals surface area contributed by atoms with E-state index in [0.29, 0.717) is 17.4 Å². The van der Waals surface area contributed by atoms with Gasteiger partial charge in [0, 0.05) is 12.8 Å². The lowest BCUT2D eigenvalue weighted by atomic mass is 10.0. The summed E-state index contributed by atoms with van der Waals surface area (Å²) in [5.74, 6) is -2.00. The van der Waals surface area contributed by atoms with Crippen LogP contribution in [0.5, 0.6) is 0 Å². The van der Waals surface area contributed by atoms with E-state index >= 15 is 0 Å². The summed E-state index contributed by atoms with van der Waals surface area (Å²) in [6, 6.07) is 0. The second-order valence-corrected chi connectivity index (χ2v) is 24.1. The molecule has 0 aliphatic carbocycles. The van der Waals surface area contributed by atoms with Crippen molar-refractivity contribution < 1.29 is 42.9 Å². The van der Waals surface area contributed by atoms with Crippen molar-refractivity contribution in [1.29, 1.82) is 0 Å². The number of hydrogen-bond acceptors (Lipinski definition) is 7. The maximum atomic E-state index is 12.9. The third-order valence-electron chi connectivity index (χ3n) is 14.9. The lowest BCUT2D eigenvalue weighted by Gasteiger charge is -2.25. The molecule has 2 atom stereocenters. The lowest BCUT2D eigenvalue weighted by Crippen LogP contribution is -2.40. The fourth-order valence-corrected chi connectivity index (χ4v) is 9.68. The zero-order valence-corrected chi connectivity index (χ0v) is 53.7. The van der Waals surface area contributed by atoms with Crippen LogP contribution in [0.3, 0.4) is 0 Å². The van der Waals surface area contributed by atoms with E-state index in [1.807, 2.05) is 21.1 Å². The Morgan fingerprint density at radius 3 is 0.988 bits per heavy atom. The minimum Gasteiger partial charge on any atom is -0.477 e. The van der Waals surface area contributed by atoms with Crippen LogP contribution >= 0.6 is 0 Å². The third kappa shape index (κ3) is 64.1. The fraction of sp³-hybridized carbons (Fsp3) is 0.792. The van der Waals surface area contributed by atoms with E-state index in [9.17, 15) is 19.5 Å². The van der Waals surface area contributed by atoms with Crippen molar-refractivity contribution in [3.63, 3.8) is 0 Å². The number of carboxylic acid groups (broad SMARTS) is 1. The molecule has 0 aromatic heterocycles. The summed E-state index contributed by atoms with van der Waals surface area (Å²) in [5, 5.41) is 9.74. The van der Waals surface area contributed by atoms with Crippen LogP contribution in [-0.4, -0.2) is 87.4 Å². The van der Waals surface area contributed by atoms with E-state index < -0.39 is 24.3 Å². The summed E-state index contributed by atoms with van der Waals surface area (Å²) in [7, 11) is 5.98. The first-order chi connectivity index (χ1) is 39.6. The molecule has 0 rings (SSSR count). The molecule has 1 N–H and O–H groups in total. The molecule has 0 bridgehead atoms. The summed E-state index contributed by atoms with van der Waals surface area (Å²) >= 11 is 0. The highest BCUT2D eigenvalue weighted by molar-refractivity contribution is 5.71. The average molecular weight is 1140 g/mol. The first kappa shape index (κ1) is 77.7. The molecule has 9 heteroatoms. The van der Waals surface area contributed by atoms with Gasteiger partial charge in [-0.2, -0.15) is 0 Å². The number of ether oxygens (including phenoxy) is 4. The summed E-state index contributed by atoms with van der Waals surface area (Å²) in [6.07, 6.45) is 80.0. The molecule has 0 radical (unpaired) electrons. The smallest absolute Gasteiger partial charge is 0.361 e. The lowest BCUT2D eigenvalue weighted by molar-refractivity contribution is -0.870. The molecule has 0 amide bonds. The van der Waals surface area contributed by atoms with Crippen LogP contribution in [0.2, 0.25) is 0 Å². The molecule has 2 unspecified atom stereocenters. The van der Waals surface area contributed by atoms with Gasteiger partial charge in [0.05, 0.1) is 34.4 Å². The van der Waals surface area contributed by atoms with E-state index in [2.05, 4.69) is 86.8 Å². The molecule has 0 aliphatic rings. The van der Waals surface area contributed by atoms with Crippen molar-refractivity contribution in [2.75, 3.05) is 47.5 Å². The minimum atomic E-state index is -1.51. The highest BCUT2D eigenvalue weighted by Gasteiger charge is 2.25. The van der Waals surface area contributed by atoms with Crippen molar-refractivity contribution in [3.8, 4) is 0 Å². The number of aliphatic carboxylic acids is 1. The van der Waals surface area contributed by atoms with E-state index in [1.54, 1.807) is 0 Å². The van der Waals surface area contributed by atoms with Crippen LogP contribution in [0.15, 0.2) is 72.9 Å². The molecule has 9 nitrogen and oxygen atoms in total. The summed E-state index contributed by atoms with van der Waals surface area (Å²) < 4.78 is 23.0. The Bertz CT molecular complexity index is 1560. The molecule has 0 fully saturated rings. The molecule has 0 saturated heterocycles. The Morgan fingerprint density at radius 2 is 0.667 bits per heavy atom. The second kappa shape index (κ2) is 62.8. The van der Waals surface area contributed by atoms with E-state index in [0.717, 1.165) is 64.2 Å². The Hall–Kier alpha value is -3.27. The minimum absolute atomic E-state index is 0.184. The molecule has 0 aromatic rings. The molecule has 0 aromatic carbocycles. The predicted octanol–water partition coefficient (Wildman–Crippen LogP) is 20.9. The molecule has 0 heterocycles. The number of quaternary nitrogens is 1.